The van der Waals surface area contributed by atoms with Crippen LogP contribution in [0.1, 0.15) is 10.4 Å². The molecule has 7 nitrogen and oxygen atoms in total. The zero-order valence-corrected chi connectivity index (χ0v) is 17.7. The standard InChI is InChI=1S/C24H18ClN3O4/c1-32-19-13-6-5-12-18(19)28-23(30)20(25)21(24(28)31)26-17-11-7-8-15(14-17)22(29)27-16-9-3-2-4-10-16/h2-14,26H,1H3,(H,27,29). The number of benzene rings is 3. The van der Waals surface area contributed by atoms with Crippen LogP contribution in [0.3, 0.4) is 0 Å². The van der Waals surface area contributed by atoms with Gasteiger partial charge in [0.25, 0.3) is 17.7 Å². The van der Waals surface area contributed by atoms with Crippen molar-refractivity contribution in [2.45, 2.75) is 0 Å². The van der Waals surface area contributed by atoms with Gasteiger partial charge in [-0.25, -0.2) is 4.90 Å². The quantitative estimate of drug-likeness (QED) is 0.547. The summed E-state index contributed by atoms with van der Waals surface area (Å²) < 4.78 is 5.26. The number of imide groups is 1. The van der Waals surface area contributed by atoms with Gasteiger partial charge < -0.3 is 15.4 Å². The van der Waals surface area contributed by atoms with Crippen molar-refractivity contribution >= 4 is 46.4 Å². The number of nitrogens with one attached hydrogen (secondary N) is 2. The summed E-state index contributed by atoms with van der Waals surface area (Å²) in [7, 11) is 1.45. The minimum Gasteiger partial charge on any atom is -0.495 e. The normalized spacial score (nSPS) is 13.4. The van der Waals surface area contributed by atoms with Crippen molar-refractivity contribution in [1.29, 1.82) is 0 Å². The van der Waals surface area contributed by atoms with Gasteiger partial charge in [0, 0.05) is 16.9 Å². The van der Waals surface area contributed by atoms with Crippen molar-refractivity contribution in [3.8, 4) is 5.75 Å². The Morgan fingerprint density at radius 2 is 1.56 bits per heavy atom. The average Bonchev–Trinajstić information content (AvgIpc) is 3.03. The van der Waals surface area contributed by atoms with Gasteiger partial charge in [0.1, 0.15) is 16.5 Å². The summed E-state index contributed by atoms with van der Waals surface area (Å²) in [5, 5.41) is 5.43. The summed E-state index contributed by atoms with van der Waals surface area (Å²) in [4.78, 5) is 39.3. The number of anilines is 3. The number of carbonyl (C=O) groups is 3. The van der Waals surface area contributed by atoms with Gasteiger partial charge in [0.05, 0.1) is 12.8 Å². The first-order valence-electron chi connectivity index (χ1n) is 9.64. The molecule has 32 heavy (non-hydrogen) atoms. The minimum absolute atomic E-state index is 0.0804. The Balaban J connectivity index is 1.56. The maximum atomic E-state index is 13.0. The van der Waals surface area contributed by atoms with E-state index in [-0.39, 0.29) is 22.3 Å². The Morgan fingerprint density at radius 1 is 0.875 bits per heavy atom. The van der Waals surface area contributed by atoms with Gasteiger partial charge in [-0.05, 0) is 42.5 Å². The summed E-state index contributed by atoms with van der Waals surface area (Å²) in [6.45, 7) is 0. The fraction of sp³-hybridized carbons (Fsp3) is 0.0417. The van der Waals surface area contributed by atoms with Crippen LogP contribution in [0.15, 0.2) is 89.6 Å². The van der Waals surface area contributed by atoms with E-state index >= 15 is 0 Å². The first kappa shape index (κ1) is 21.1. The molecule has 1 heterocycles. The molecule has 8 heteroatoms. The van der Waals surface area contributed by atoms with E-state index in [1.807, 2.05) is 18.2 Å². The van der Waals surface area contributed by atoms with Gasteiger partial charge >= 0.3 is 0 Å². The molecule has 0 aliphatic carbocycles. The molecule has 0 saturated carbocycles. The molecule has 0 aromatic heterocycles. The lowest BCUT2D eigenvalue weighted by Gasteiger charge is -2.18. The fourth-order valence-corrected chi connectivity index (χ4v) is 3.46. The monoisotopic (exact) mass is 447 g/mol. The third-order valence-corrected chi connectivity index (χ3v) is 5.13. The van der Waals surface area contributed by atoms with Crippen LogP contribution in [0.25, 0.3) is 0 Å². The second-order valence-electron chi connectivity index (χ2n) is 6.83. The Morgan fingerprint density at radius 3 is 2.31 bits per heavy atom. The molecule has 0 bridgehead atoms. The predicted octanol–water partition coefficient (Wildman–Crippen LogP) is 4.38. The molecule has 0 fully saturated rings. The van der Waals surface area contributed by atoms with E-state index in [1.165, 1.54) is 7.11 Å². The lowest BCUT2D eigenvalue weighted by Crippen LogP contribution is -2.32. The minimum atomic E-state index is -0.665. The molecule has 0 radical (unpaired) electrons. The lowest BCUT2D eigenvalue weighted by molar-refractivity contribution is -0.120. The number of rotatable bonds is 6. The second kappa shape index (κ2) is 8.95. The molecular weight excluding hydrogens is 430 g/mol. The SMILES string of the molecule is COc1ccccc1N1C(=O)C(Cl)=C(Nc2cccc(C(=O)Nc3ccccc3)c2)C1=O. The molecule has 3 amide bonds. The maximum absolute atomic E-state index is 13.0. The van der Waals surface area contributed by atoms with E-state index in [2.05, 4.69) is 10.6 Å². The summed E-state index contributed by atoms with van der Waals surface area (Å²) in [5.74, 6) is -1.24. The third kappa shape index (κ3) is 4.06. The van der Waals surface area contributed by atoms with Crippen molar-refractivity contribution < 1.29 is 19.1 Å². The second-order valence-corrected chi connectivity index (χ2v) is 7.21. The number of nitrogens with zero attached hydrogens (tertiary/aromatic N) is 1. The number of hydrogen-bond acceptors (Lipinski definition) is 5. The highest BCUT2D eigenvalue weighted by atomic mass is 35.5. The van der Waals surface area contributed by atoms with E-state index in [1.54, 1.807) is 60.7 Å². The molecule has 3 aromatic carbocycles. The molecule has 1 aliphatic heterocycles. The van der Waals surface area contributed by atoms with Gasteiger partial charge in [-0.3, -0.25) is 14.4 Å². The summed E-state index contributed by atoms with van der Waals surface area (Å²) >= 11 is 6.21. The van der Waals surface area contributed by atoms with E-state index in [0.29, 0.717) is 22.7 Å². The van der Waals surface area contributed by atoms with E-state index in [4.69, 9.17) is 16.3 Å². The smallest absolute Gasteiger partial charge is 0.283 e. The van der Waals surface area contributed by atoms with Crippen molar-refractivity contribution in [2.75, 3.05) is 22.6 Å². The van der Waals surface area contributed by atoms with Gasteiger partial charge in [-0.2, -0.15) is 0 Å². The number of carbonyl (C=O) groups excluding carboxylic acids is 3. The molecular formula is C24H18ClN3O4. The largest absolute Gasteiger partial charge is 0.495 e. The summed E-state index contributed by atoms with van der Waals surface area (Å²) in [5.41, 5.74) is 1.67. The van der Waals surface area contributed by atoms with Crippen LogP contribution in [0.2, 0.25) is 0 Å². The number of halogens is 1. The van der Waals surface area contributed by atoms with Gasteiger partial charge in [-0.1, -0.05) is 48.0 Å². The molecule has 0 saturated heterocycles. The zero-order chi connectivity index (χ0) is 22.7. The zero-order valence-electron chi connectivity index (χ0n) is 17.0. The predicted molar refractivity (Wildman–Crippen MR) is 123 cm³/mol. The van der Waals surface area contributed by atoms with Crippen LogP contribution in [0.5, 0.6) is 5.75 Å². The van der Waals surface area contributed by atoms with Crippen molar-refractivity contribution in [1.82, 2.24) is 0 Å². The van der Waals surface area contributed by atoms with Crippen molar-refractivity contribution in [3.63, 3.8) is 0 Å². The number of amides is 3. The van der Waals surface area contributed by atoms with Crippen LogP contribution in [0, 0.1) is 0 Å². The number of methoxy groups -OCH3 is 1. The van der Waals surface area contributed by atoms with Crippen LogP contribution < -0.4 is 20.3 Å². The maximum Gasteiger partial charge on any atom is 0.283 e. The number of hydrogen-bond donors (Lipinski definition) is 2. The first-order chi connectivity index (χ1) is 15.5. The highest BCUT2D eigenvalue weighted by molar-refractivity contribution is 6.53. The molecule has 160 valence electrons. The highest BCUT2D eigenvalue weighted by Gasteiger charge is 2.40. The lowest BCUT2D eigenvalue weighted by atomic mass is 10.1. The van der Waals surface area contributed by atoms with Gasteiger partial charge in [-0.15, -0.1) is 0 Å². The Bertz CT molecular complexity index is 1240. The molecule has 1 aliphatic rings. The topological polar surface area (TPSA) is 87.7 Å². The molecule has 0 unspecified atom stereocenters. The fourth-order valence-electron chi connectivity index (χ4n) is 3.25. The number of para-hydroxylation sites is 3. The van der Waals surface area contributed by atoms with Crippen LogP contribution in [0.4, 0.5) is 17.1 Å². The van der Waals surface area contributed by atoms with Crippen molar-refractivity contribution in [2.24, 2.45) is 0 Å². The molecule has 3 aromatic rings. The van der Waals surface area contributed by atoms with Crippen LogP contribution in [-0.2, 0) is 9.59 Å². The molecule has 4 rings (SSSR count). The summed E-state index contributed by atoms with van der Waals surface area (Å²) in [6.07, 6.45) is 0. The van der Waals surface area contributed by atoms with Crippen molar-refractivity contribution in [3.05, 3.63) is 95.2 Å². The Hall–Kier alpha value is -4.10. The highest BCUT2D eigenvalue weighted by Crippen LogP contribution is 2.35. The summed E-state index contributed by atoms with van der Waals surface area (Å²) in [6, 6.07) is 22.2. The van der Waals surface area contributed by atoms with E-state index in [0.717, 1.165) is 4.90 Å². The van der Waals surface area contributed by atoms with E-state index in [9.17, 15) is 14.4 Å². The molecule has 2 N–H and O–H groups in total. The first-order valence-corrected chi connectivity index (χ1v) is 10.0. The third-order valence-electron chi connectivity index (χ3n) is 4.78. The van der Waals surface area contributed by atoms with Gasteiger partial charge in [0.2, 0.25) is 0 Å². The average molecular weight is 448 g/mol. The van der Waals surface area contributed by atoms with Crippen LogP contribution >= 0.6 is 11.6 Å². The van der Waals surface area contributed by atoms with E-state index < -0.39 is 11.8 Å². The Labute approximate surface area is 189 Å². The molecule has 0 atom stereocenters. The molecule has 0 spiro atoms. The number of ether oxygens (including phenoxy) is 1. The van der Waals surface area contributed by atoms with Gasteiger partial charge in [0.15, 0.2) is 0 Å². The Kier molecular flexibility index (Phi) is 5.91. The van der Waals surface area contributed by atoms with Crippen LogP contribution in [-0.4, -0.2) is 24.8 Å².